The molecular formula is C14H17FN2O3. The van der Waals surface area contributed by atoms with Gasteiger partial charge in [-0.3, -0.25) is 4.79 Å². The van der Waals surface area contributed by atoms with Crippen molar-refractivity contribution < 1.29 is 19.4 Å². The normalized spacial score (nSPS) is 27.8. The third-order valence-electron chi connectivity index (χ3n) is 4.07. The summed E-state index contributed by atoms with van der Waals surface area (Å²) in [7, 11) is 1.78. The van der Waals surface area contributed by atoms with Gasteiger partial charge in [-0.05, 0) is 30.9 Å². The van der Waals surface area contributed by atoms with E-state index in [1.165, 1.54) is 6.07 Å². The van der Waals surface area contributed by atoms with Gasteiger partial charge in [0.25, 0.3) is 5.91 Å². The van der Waals surface area contributed by atoms with E-state index in [4.69, 9.17) is 0 Å². The van der Waals surface area contributed by atoms with E-state index in [2.05, 4.69) is 5.32 Å². The fourth-order valence-electron chi connectivity index (χ4n) is 2.88. The molecule has 1 aromatic rings. The van der Waals surface area contributed by atoms with Gasteiger partial charge in [-0.25, -0.2) is 4.39 Å². The van der Waals surface area contributed by atoms with Crippen LogP contribution in [0.5, 0.6) is 0 Å². The molecule has 0 radical (unpaired) electrons. The SMILES string of the molecule is CN(CC1CC(O)C1)c1cc2c(cc1F)C(O)C(=O)N2. The average molecular weight is 280 g/mol. The molecule has 2 aliphatic rings. The monoisotopic (exact) mass is 280 g/mol. The van der Waals surface area contributed by atoms with Gasteiger partial charge in [0.15, 0.2) is 6.10 Å². The number of benzene rings is 1. The molecule has 0 spiro atoms. The minimum absolute atomic E-state index is 0.229. The highest BCUT2D eigenvalue weighted by Gasteiger charge is 2.32. The fourth-order valence-corrected chi connectivity index (χ4v) is 2.88. The minimum Gasteiger partial charge on any atom is -0.393 e. The van der Waals surface area contributed by atoms with Gasteiger partial charge in [-0.1, -0.05) is 0 Å². The molecule has 1 aliphatic carbocycles. The maximum atomic E-state index is 14.1. The molecule has 0 saturated heterocycles. The predicted octanol–water partition coefficient (Wildman–Crippen LogP) is 1.02. The zero-order valence-corrected chi connectivity index (χ0v) is 11.1. The highest BCUT2D eigenvalue weighted by atomic mass is 19.1. The Bertz CT molecular complexity index is 558. The van der Waals surface area contributed by atoms with Crippen LogP contribution in [0.4, 0.5) is 15.8 Å². The number of fused-ring (bicyclic) bond motifs is 1. The van der Waals surface area contributed by atoms with Crippen LogP contribution in [0.2, 0.25) is 0 Å². The molecule has 1 amide bonds. The number of amides is 1. The van der Waals surface area contributed by atoms with Crippen LogP contribution in [0.1, 0.15) is 24.5 Å². The van der Waals surface area contributed by atoms with Crippen LogP contribution in [0, 0.1) is 11.7 Å². The average Bonchev–Trinajstić information content (AvgIpc) is 2.63. The Morgan fingerprint density at radius 2 is 2.10 bits per heavy atom. The number of carbonyl (C=O) groups excluding carboxylic acids is 1. The van der Waals surface area contributed by atoms with Gasteiger partial charge in [-0.2, -0.15) is 0 Å². The molecule has 0 bridgehead atoms. The van der Waals surface area contributed by atoms with E-state index in [9.17, 15) is 19.4 Å². The molecule has 3 rings (SSSR count). The highest BCUT2D eigenvalue weighted by molar-refractivity contribution is 6.02. The third-order valence-corrected chi connectivity index (χ3v) is 4.07. The zero-order chi connectivity index (χ0) is 14.4. The van der Waals surface area contributed by atoms with E-state index in [1.54, 1.807) is 18.0 Å². The van der Waals surface area contributed by atoms with Gasteiger partial charge in [-0.15, -0.1) is 0 Å². The first-order chi connectivity index (χ1) is 9.45. The van der Waals surface area contributed by atoms with Crippen LogP contribution in [-0.4, -0.2) is 35.8 Å². The van der Waals surface area contributed by atoms with Crippen LogP contribution >= 0.6 is 0 Å². The summed E-state index contributed by atoms with van der Waals surface area (Å²) in [5.41, 5.74) is 1.13. The van der Waals surface area contributed by atoms with Crippen molar-refractivity contribution in [3.8, 4) is 0 Å². The number of aliphatic hydroxyl groups excluding tert-OH is 2. The Morgan fingerprint density at radius 3 is 2.75 bits per heavy atom. The molecule has 1 fully saturated rings. The Labute approximate surface area is 116 Å². The number of rotatable bonds is 3. The molecule has 5 nitrogen and oxygen atoms in total. The number of aliphatic hydroxyl groups is 2. The predicted molar refractivity (Wildman–Crippen MR) is 72.0 cm³/mol. The van der Waals surface area contributed by atoms with E-state index < -0.39 is 17.8 Å². The molecule has 0 aromatic heterocycles. The van der Waals surface area contributed by atoms with Gasteiger partial charge < -0.3 is 20.4 Å². The summed E-state index contributed by atoms with van der Waals surface area (Å²) in [6.07, 6.45) is -0.0352. The number of hydrogen-bond donors (Lipinski definition) is 3. The van der Waals surface area contributed by atoms with Crippen LogP contribution in [0.3, 0.4) is 0 Å². The summed E-state index contributed by atoms with van der Waals surface area (Å²) in [6, 6.07) is 2.76. The second kappa shape index (κ2) is 4.71. The van der Waals surface area contributed by atoms with Crippen LogP contribution < -0.4 is 10.2 Å². The maximum Gasteiger partial charge on any atom is 0.257 e. The Morgan fingerprint density at radius 1 is 1.40 bits per heavy atom. The third kappa shape index (κ3) is 2.14. The molecule has 20 heavy (non-hydrogen) atoms. The standard InChI is InChI=1S/C14H17FN2O3/c1-17(6-7-2-8(18)3-7)12-5-11-9(4-10(12)15)13(19)14(20)16-11/h4-5,7-8,13,18-19H,2-3,6H2,1H3,(H,16,20). The van der Waals surface area contributed by atoms with Crippen LogP contribution in [-0.2, 0) is 4.79 Å². The Hall–Kier alpha value is -1.66. The topological polar surface area (TPSA) is 72.8 Å². The lowest BCUT2D eigenvalue weighted by molar-refractivity contribution is -0.123. The second-order valence-electron chi connectivity index (χ2n) is 5.65. The molecule has 1 aromatic carbocycles. The van der Waals surface area contributed by atoms with Crippen molar-refractivity contribution in [2.45, 2.75) is 25.0 Å². The number of halogens is 1. The molecule has 3 N–H and O–H groups in total. The molecule has 1 atom stereocenters. The first-order valence-electron chi connectivity index (χ1n) is 6.67. The van der Waals surface area contributed by atoms with Gasteiger partial charge >= 0.3 is 0 Å². The van der Waals surface area contributed by atoms with Crippen molar-refractivity contribution in [3.63, 3.8) is 0 Å². The van der Waals surface area contributed by atoms with Gasteiger partial charge in [0.05, 0.1) is 11.8 Å². The molecule has 1 aliphatic heterocycles. The molecule has 108 valence electrons. The number of nitrogens with zero attached hydrogens (tertiary/aromatic N) is 1. The van der Waals surface area contributed by atoms with Gasteiger partial charge in [0.2, 0.25) is 0 Å². The number of nitrogens with one attached hydrogen (secondary N) is 1. The van der Waals surface area contributed by atoms with Crippen molar-refractivity contribution in [3.05, 3.63) is 23.5 Å². The summed E-state index contributed by atoms with van der Waals surface area (Å²) in [5.74, 6) is -0.620. The van der Waals surface area contributed by atoms with E-state index in [-0.39, 0.29) is 11.7 Å². The number of hydrogen-bond acceptors (Lipinski definition) is 4. The zero-order valence-electron chi connectivity index (χ0n) is 11.1. The van der Waals surface area contributed by atoms with Crippen molar-refractivity contribution in [1.82, 2.24) is 0 Å². The van der Waals surface area contributed by atoms with E-state index in [0.717, 1.165) is 12.8 Å². The van der Waals surface area contributed by atoms with E-state index in [1.807, 2.05) is 0 Å². The second-order valence-corrected chi connectivity index (χ2v) is 5.65. The van der Waals surface area contributed by atoms with Gasteiger partial charge in [0.1, 0.15) is 5.82 Å². The van der Waals surface area contributed by atoms with Gasteiger partial charge in [0, 0.05) is 24.8 Å². The summed E-state index contributed by atoms with van der Waals surface area (Å²) >= 11 is 0. The number of carbonyl (C=O) groups is 1. The maximum absolute atomic E-state index is 14.1. The lowest BCUT2D eigenvalue weighted by Gasteiger charge is -2.35. The number of anilines is 2. The van der Waals surface area contributed by atoms with E-state index in [0.29, 0.717) is 23.8 Å². The van der Waals surface area contributed by atoms with Crippen molar-refractivity contribution in [1.29, 1.82) is 0 Å². The van der Waals surface area contributed by atoms with E-state index >= 15 is 0 Å². The Balaban J connectivity index is 1.80. The minimum atomic E-state index is -1.29. The Kier molecular flexibility index (Phi) is 3.14. The molecule has 1 heterocycles. The highest BCUT2D eigenvalue weighted by Crippen LogP contribution is 2.36. The lowest BCUT2D eigenvalue weighted by Crippen LogP contribution is -2.37. The molecule has 1 saturated carbocycles. The lowest BCUT2D eigenvalue weighted by atomic mass is 9.82. The summed E-state index contributed by atoms with van der Waals surface area (Å²) < 4.78 is 14.1. The molecule has 1 unspecified atom stereocenters. The molecular weight excluding hydrogens is 263 g/mol. The van der Waals surface area contributed by atoms with Crippen LogP contribution in [0.25, 0.3) is 0 Å². The summed E-state index contributed by atoms with van der Waals surface area (Å²) in [4.78, 5) is 13.1. The largest absolute Gasteiger partial charge is 0.393 e. The fraction of sp³-hybridized carbons (Fsp3) is 0.500. The van der Waals surface area contributed by atoms with Crippen molar-refractivity contribution in [2.24, 2.45) is 5.92 Å². The summed E-state index contributed by atoms with van der Waals surface area (Å²) in [6.45, 7) is 0.656. The van der Waals surface area contributed by atoms with Crippen molar-refractivity contribution in [2.75, 3.05) is 23.8 Å². The smallest absolute Gasteiger partial charge is 0.257 e. The first-order valence-corrected chi connectivity index (χ1v) is 6.67. The molecule has 6 heteroatoms. The summed E-state index contributed by atoms with van der Waals surface area (Å²) in [5, 5.41) is 21.4. The quantitative estimate of drug-likeness (QED) is 0.773. The van der Waals surface area contributed by atoms with Crippen molar-refractivity contribution >= 4 is 17.3 Å². The van der Waals surface area contributed by atoms with Crippen LogP contribution in [0.15, 0.2) is 12.1 Å². The first kappa shape index (κ1) is 13.3.